The van der Waals surface area contributed by atoms with Gasteiger partial charge in [-0.05, 0) is 42.9 Å². The highest BCUT2D eigenvalue weighted by Crippen LogP contribution is 2.33. The summed E-state index contributed by atoms with van der Waals surface area (Å²) < 4.78 is 40.6. The number of rotatable bonds is 2. The minimum atomic E-state index is -3.62. The molecule has 4 nitrogen and oxygen atoms in total. The Kier molecular flexibility index (Phi) is 3.81. The van der Waals surface area contributed by atoms with Crippen molar-refractivity contribution in [2.45, 2.75) is 32.6 Å². The normalized spacial score (nSPS) is 24.2. The number of sulfonamides is 1. The van der Waals surface area contributed by atoms with E-state index >= 15 is 0 Å². The molecular weight excluding hydrogens is 279 g/mol. The molecule has 1 aliphatic rings. The Morgan fingerprint density at radius 1 is 1.25 bits per heavy atom. The molecule has 1 saturated heterocycles. The molecule has 0 radical (unpaired) electrons. The first-order valence-electron chi connectivity index (χ1n) is 6.71. The summed E-state index contributed by atoms with van der Waals surface area (Å²) in [5, 5.41) is 0. The maximum absolute atomic E-state index is 13.6. The Labute approximate surface area is 119 Å². The number of nitrogens with two attached hydrogens (primary N) is 1. The summed E-state index contributed by atoms with van der Waals surface area (Å²) in [7, 11) is -3.62. The van der Waals surface area contributed by atoms with Gasteiger partial charge in [0.1, 0.15) is 5.82 Å². The number of benzene rings is 1. The highest BCUT2D eigenvalue weighted by molar-refractivity contribution is 7.89. The highest BCUT2D eigenvalue weighted by Gasteiger charge is 2.36. The van der Waals surface area contributed by atoms with Crippen LogP contribution in [0.15, 0.2) is 11.0 Å². The van der Waals surface area contributed by atoms with E-state index in [0.29, 0.717) is 36.1 Å². The van der Waals surface area contributed by atoms with Crippen LogP contribution in [0.5, 0.6) is 0 Å². The third-order valence-corrected chi connectivity index (χ3v) is 6.38. The molecule has 20 heavy (non-hydrogen) atoms. The Morgan fingerprint density at radius 2 is 1.75 bits per heavy atom. The van der Waals surface area contributed by atoms with Crippen molar-refractivity contribution < 1.29 is 12.8 Å². The molecule has 0 saturated carbocycles. The van der Waals surface area contributed by atoms with Gasteiger partial charge < -0.3 is 5.73 Å². The SMILES string of the molecule is Cc1cc(F)c(N)c(C)c1S(=O)(=O)N1CC(C)C(C)C1. The number of hydrogen-bond donors (Lipinski definition) is 1. The molecule has 2 rings (SSSR count). The molecular formula is C14H21FN2O2S. The molecule has 2 N–H and O–H groups in total. The zero-order chi connectivity index (χ0) is 15.2. The van der Waals surface area contributed by atoms with Crippen LogP contribution in [-0.2, 0) is 10.0 Å². The fourth-order valence-corrected chi connectivity index (χ4v) is 4.81. The predicted molar refractivity (Wildman–Crippen MR) is 77.4 cm³/mol. The molecule has 1 aliphatic heterocycles. The van der Waals surface area contributed by atoms with E-state index in [-0.39, 0.29) is 10.6 Å². The van der Waals surface area contributed by atoms with Crippen molar-refractivity contribution in [2.75, 3.05) is 18.8 Å². The third kappa shape index (κ3) is 2.31. The van der Waals surface area contributed by atoms with Gasteiger partial charge in [0.2, 0.25) is 10.0 Å². The molecule has 1 aromatic rings. The largest absolute Gasteiger partial charge is 0.396 e. The van der Waals surface area contributed by atoms with Crippen LogP contribution in [0.1, 0.15) is 25.0 Å². The van der Waals surface area contributed by atoms with Gasteiger partial charge in [0, 0.05) is 13.1 Å². The quantitative estimate of drug-likeness (QED) is 0.852. The van der Waals surface area contributed by atoms with E-state index in [1.165, 1.54) is 10.4 Å². The molecule has 0 amide bonds. The standard InChI is InChI=1S/C14H21FN2O2S/c1-8-5-12(15)13(16)11(4)14(8)20(18,19)17-6-9(2)10(3)7-17/h5,9-10H,6-7,16H2,1-4H3. The van der Waals surface area contributed by atoms with Gasteiger partial charge in [-0.25, -0.2) is 12.8 Å². The summed E-state index contributed by atoms with van der Waals surface area (Å²) in [5.41, 5.74) is 6.26. The van der Waals surface area contributed by atoms with Crippen LogP contribution in [0.2, 0.25) is 0 Å². The van der Waals surface area contributed by atoms with Crippen LogP contribution in [0, 0.1) is 31.5 Å². The van der Waals surface area contributed by atoms with Crippen molar-refractivity contribution in [1.29, 1.82) is 0 Å². The molecule has 0 aromatic heterocycles. The van der Waals surface area contributed by atoms with Crippen molar-refractivity contribution in [2.24, 2.45) is 11.8 Å². The van der Waals surface area contributed by atoms with Crippen LogP contribution < -0.4 is 5.73 Å². The molecule has 6 heteroatoms. The summed E-state index contributed by atoms with van der Waals surface area (Å²) in [4.78, 5) is 0.151. The van der Waals surface area contributed by atoms with Gasteiger partial charge in [0.15, 0.2) is 0 Å². The number of hydrogen-bond acceptors (Lipinski definition) is 3. The monoisotopic (exact) mass is 300 g/mol. The van der Waals surface area contributed by atoms with Crippen LogP contribution in [0.3, 0.4) is 0 Å². The van der Waals surface area contributed by atoms with Crippen molar-refractivity contribution in [3.05, 3.63) is 23.0 Å². The zero-order valence-corrected chi connectivity index (χ0v) is 13.1. The number of nitrogen functional groups attached to an aromatic ring is 1. The second-order valence-corrected chi connectivity index (χ2v) is 7.69. The number of anilines is 1. The summed E-state index contributed by atoms with van der Waals surface area (Å²) in [6, 6.07) is 1.19. The van der Waals surface area contributed by atoms with E-state index in [1.54, 1.807) is 13.8 Å². The first-order chi connectivity index (χ1) is 9.16. The topological polar surface area (TPSA) is 63.4 Å². The van der Waals surface area contributed by atoms with Crippen LogP contribution in [0.4, 0.5) is 10.1 Å². The molecule has 1 heterocycles. The smallest absolute Gasteiger partial charge is 0.243 e. The minimum Gasteiger partial charge on any atom is -0.396 e. The lowest BCUT2D eigenvalue weighted by atomic mass is 10.0. The number of halogens is 1. The van der Waals surface area contributed by atoms with Gasteiger partial charge in [-0.3, -0.25) is 0 Å². The first-order valence-corrected chi connectivity index (χ1v) is 8.15. The van der Waals surface area contributed by atoms with E-state index in [1.807, 2.05) is 13.8 Å². The van der Waals surface area contributed by atoms with E-state index in [9.17, 15) is 12.8 Å². The fraction of sp³-hybridized carbons (Fsp3) is 0.571. The van der Waals surface area contributed by atoms with Crippen molar-refractivity contribution in [1.82, 2.24) is 4.31 Å². The Hall–Kier alpha value is -1.14. The Bertz CT molecular complexity index is 633. The predicted octanol–water partition coefficient (Wildman–Crippen LogP) is 2.30. The van der Waals surface area contributed by atoms with Crippen molar-refractivity contribution in [3.8, 4) is 0 Å². The van der Waals surface area contributed by atoms with Crippen molar-refractivity contribution in [3.63, 3.8) is 0 Å². The molecule has 0 aliphatic carbocycles. The Morgan fingerprint density at radius 3 is 2.25 bits per heavy atom. The van der Waals surface area contributed by atoms with Crippen LogP contribution >= 0.6 is 0 Å². The zero-order valence-electron chi connectivity index (χ0n) is 12.3. The van der Waals surface area contributed by atoms with E-state index in [0.717, 1.165) is 0 Å². The Balaban J connectivity index is 2.54. The summed E-state index contributed by atoms with van der Waals surface area (Å²) in [5.74, 6) is 0.0773. The van der Waals surface area contributed by atoms with Gasteiger partial charge in [0.25, 0.3) is 0 Å². The average Bonchev–Trinajstić information content (AvgIpc) is 2.67. The molecule has 2 atom stereocenters. The van der Waals surface area contributed by atoms with Gasteiger partial charge in [-0.2, -0.15) is 4.31 Å². The lowest BCUT2D eigenvalue weighted by Gasteiger charge is -2.20. The van der Waals surface area contributed by atoms with Crippen LogP contribution in [-0.4, -0.2) is 25.8 Å². The van der Waals surface area contributed by atoms with Crippen molar-refractivity contribution >= 4 is 15.7 Å². The summed E-state index contributed by atoms with van der Waals surface area (Å²) >= 11 is 0. The first kappa shape index (κ1) is 15.3. The second kappa shape index (κ2) is 5.00. The van der Waals surface area contributed by atoms with Crippen LogP contribution in [0.25, 0.3) is 0 Å². The maximum atomic E-state index is 13.6. The lowest BCUT2D eigenvalue weighted by molar-refractivity contribution is 0.462. The molecule has 1 aromatic carbocycles. The number of aryl methyl sites for hydroxylation is 1. The van der Waals surface area contributed by atoms with E-state index < -0.39 is 15.8 Å². The van der Waals surface area contributed by atoms with Gasteiger partial charge in [-0.1, -0.05) is 13.8 Å². The molecule has 2 unspecified atom stereocenters. The highest BCUT2D eigenvalue weighted by atomic mass is 32.2. The second-order valence-electron chi connectivity index (χ2n) is 5.82. The summed E-state index contributed by atoms with van der Waals surface area (Å²) in [6.07, 6.45) is 0. The molecule has 0 bridgehead atoms. The van der Waals surface area contributed by atoms with Gasteiger partial charge >= 0.3 is 0 Å². The molecule has 112 valence electrons. The fourth-order valence-electron chi connectivity index (χ4n) is 2.73. The average molecular weight is 300 g/mol. The molecule has 0 spiro atoms. The van der Waals surface area contributed by atoms with E-state index in [2.05, 4.69) is 0 Å². The maximum Gasteiger partial charge on any atom is 0.243 e. The van der Waals surface area contributed by atoms with Gasteiger partial charge in [0.05, 0.1) is 10.6 Å². The van der Waals surface area contributed by atoms with Gasteiger partial charge in [-0.15, -0.1) is 0 Å². The lowest BCUT2D eigenvalue weighted by Crippen LogP contribution is -2.30. The van der Waals surface area contributed by atoms with E-state index in [4.69, 9.17) is 5.73 Å². The minimum absolute atomic E-state index is 0.0885. The summed E-state index contributed by atoms with van der Waals surface area (Å²) in [6.45, 7) is 8.24. The molecule has 1 fully saturated rings. The number of nitrogens with zero attached hydrogens (tertiary/aromatic N) is 1. The third-order valence-electron chi connectivity index (χ3n) is 4.26.